The number of hydrogen-bond donors (Lipinski definition) is 1. The van der Waals surface area contributed by atoms with Gasteiger partial charge in [-0.1, -0.05) is 72.8 Å². The number of amides is 1. The first-order valence-corrected chi connectivity index (χ1v) is 10.6. The van der Waals surface area contributed by atoms with Crippen LogP contribution in [0.25, 0.3) is 0 Å². The fourth-order valence-corrected chi connectivity index (χ4v) is 4.87. The van der Waals surface area contributed by atoms with Crippen molar-refractivity contribution in [1.82, 2.24) is 4.90 Å². The Balaban J connectivity index is 1.96. The molecule has 0 radical (unpaired) electrons. The molecule has 4 unspecified atom stereocenters. The maximum atomic E-state index is 13.9. The van der Waals surface area contributed by atoms with Crippen LogP contribution >= 0.6 is 0 Å². The van der Waals surface area contributed by atoms with Crippen LogP contribution in [0.3, 0.4) is 0 Å². The summed E-state index contributed by atoms with van der Waals surface area (Å²) in [5.41, 5.74) is 2.19. The number of carbonyl (C=O) groups excluding carboxylic acids is 2. The summed E-state index contributed by atoms with van der Waals surface area (Å²) in [5.74, 6) is -3.40. The second-order valence-electron chi connectivity index (χ2n) is 8.08. The third kappa shape index (κ3) is 4.01. The lowest BCUT2D eigenvalue weighted by Crippen LogP contribution is -2.42. The smallest absolute Gasteiger partial charge is 0.327 e. The first kappa shape index (κ1) is 22.0. The van der Waals surface area contributed by atoms with Crippen LogP contribution in [-0.2, 0) is 9.59 Å². The Morgan fingerprint density at radius 3 is 1.94 bits per heavy atom. The number of nitrogens with zero attached hydrogens (tertiary/aromatic N) is 2. The predicted molar refractivity (Wildman–Crippen MR) is 121 cm³/mol. The SMILES string of the molecule is CC(=O)N1C(C(=O)O)C(c2ccccc2)C(C(=O)c2ccccc2)C1c1ccc(C#N)cc1. The third-order valence-corrected chi connectivity index (χ3v) is 6.21. The van der Waals surface area contributed by atoms with Crippen molar-refractivity contribution in [2.45, 2.75) is 24.9 Å². The largest absolute Gasteiger partial charge is 0.480 e. The number of aliphatic carboxylic acids is 1. The van der Waals surface area contributed by atoms with E-state index < -0.39 is 35.8 Å². The van der Waals surface area contributed by atoms with E-state index in [1.165, 1.54) is 11.8 Å². The number of Topliss-reactive ketones (excluding diaryl/α,β-unsaturated/α-hetero) is 1. The minimum atomic E-state index is -1.22. The quantitative estimate of drug-likeness (QED) is 0.602. The van der Waals surface area contributed by atoms with E-state index in [2.05, 4.69) is 6.07 Å². The molecule has 3 aromatic carbocycles. The fraction of sp³-hybridized carbons (Fsp3) is 0.185. The fourth-order valence-electron chi connectivity index (χ4n) is 4.87. The molecular formula is C27H22N2O4. The van der Waals surface area contributed by atoms with Crippen molar-refractivity contribution in [3.63, 3.8) is 0 Å². The lowest BCUT2D eigenvalue weighted by molar-refractivity contribution is -0.149. The number of carbonyl (C=O) groups is 3. The highest BCUT2D eigenvalue weighted by Crippen LogP contribution is 2.51. The van der Waals surface area contributed by atoms with Gasteiger partial charge in [-0.25, -0.2) is 4.79 Å². The molecule has 6 nitrogen and oxygen atoms in total. The van der Waals surface area contributed by atoms with Gasteiger partial charge in [0.15, 0.2) is 5.78 Å². The Hall–Kier alpha value is -4.24. The molecule has 1 amide bonds. The van der Waals surface area contributed by atoms with Gasteiger partial charge in [-0.2, -0.15) is 5.26 Å². The summed E-state index contributed by atoms with van der Waals surface area (Å²) in [4.78, 5) is 40.6. The molecule has 4 atom stereocenters. The van der Waals surface area contributed by atoms with Gasteiger partial charge in [-0.05, 0) is 23.3 Å². The van der Waals surface area contributed by atoms with E-state index >= 15 is 0 Å². The second kappa shape index (κ2) is 9.09. The van der Waals surface area contributed by atoms with Gasteiger partial charge in [-0.3, -0.25) is 9.59 Å². The summed E-state index contributed by atoms with van der Waals surface area (Å²) < 4.78 is 0. The third-order valence-electron chi connectivity index (χ3n) is 6.21. The van der Waals surface area contributed by atoms with Crippen LogP contribution < -0.4 is 0 Å². The minimum Gasteiger partial charge on any atom is -0.480 e. The zero-order valence-electron chi connectivity index (χ0n) is 18.0. The molecule has 1 aliphatic heterocycles. The maximum Gasteiger partial charge on any atom is 0.327 e. The van der Waals surface area contributed by atoms with Crippen molar-refractivity contribution in [3.05, 3.63) is 107 Å². The predicted octanol–water partition coefficient (Wildman–Crippen LogP) is 4.20. The number of carboxylic acids is 1. The van der Waals surface area contributed by atoms with Crippen LogP contribution in [0.4, 0.5) is 0 Å². The molecule has 4 rings (SSSR count). The van der Waals surface area contributed by atoms with Crippen LogP contribution in [0.1, 0.15) is 45.9 Å². The highest BCUT2D eigenvalue weighted by atomic mass is 16.4. The Labute approximate surface area is 191 Å². The van der Waals surface area contributed by atoms with E-state index in [1.54, 1.807) is 78.9 Å². The normalized spacial score (nSPS) is 21.9. The molecule has 1 heterocycles. The topological polar surface area (TPSA) is 98.5 Å². The van der Waals surface area contributed by atoms with Crippen molar-refractivity contribution < 1.29 is 19.5 Å². The summed E-state index contributed by atoms with van der Waals surface area (Å²) in [6, 6.07) is 24.4. The number of nitriles is 1. The molecule has 0 bridgehead atoms. The van der Waals surface area contributed by atoms with Crippen molar-refractivity contribution in [3.8, 4) is 6.07 Å². The molecule has 1 saturated heterocycles. The molecule has 0 aromatic heterocycles. The van der Waals surface area contributed by atoms with E-state index in [-0.39, 0.29) is 5.78 Å². The number of ketones is 1. The first-order valence-electron chi connectivity index (χ1n) is 10.6. The summed E-state index contributed by atoms with van der Waals surface area (Å²) in [6.07, 6.45) is 0. The van der Waals surface area contributed by atoms with Crippen LogP contribution in [0, 0.1) is 17.2 Å². The summed E-state index contributed by atoms with van der Waals surface area (Å²) in [6.45, 7) is 1.32. The zero-order valence-corrected chi connectivity index (χ0v) is 18.0. The van der Waals surface area contributed by atoms with Gasteiger partial charge in [0.25, 0.3) is 0 Å². The van der Waals surface area contributed by atoms with Crippen LogP contribution in [0.5, 0.6) is 0 Å². The van der Waals surface area contributed by atoms with Crippen LogP contribution in [-0.4, -0.2) is 33.7 Å². The van der Waals surface area contributed by atoms with E-state index in [0.29, 0.717) is 22.3 Å². The standard InChI is InChI=1S/C27H22N2O4/c1-17(30)29-24(20-14-12-18(16-28)13-15-20)23(26(31)21-10-6-3-7-11-21)22(25(29)27(32)33)19-8-4-2-5-9-19/h2-15,22-25H,1H3,(H,32,33). The van der Waals surface area contributed by atoms with E-state index in [0.717, 1.165) is 0 Å². The molecule has 3 aromatic rings. The molecule has 1 aliphatic rings. The summed E-state index contributed by atoms with van der Waals surface area (Å²) in [7, 11) is 0. The van der Waals surface area contributed by atoms with Crippen molar-refractivity contribution >= 4 is 17.7 Å². The van der Waals surface area contributed by atoms with Crippen molar-refractivity contribution in [1.29, 1.82) is 5.26 Å². The molecule has 1 N–H and O–H groups in total. The highest BCUT2D eigenvalue weighted by molar-refractivity contribution is 6.01. The van der Waals surface area contributed by atoms with Gasteiger partial charge in [0.1, 0.15) is 6.04 Å². The van der Waals surface area contributed by atoms with Gasteiger partial charge in [-0.15, -0.1) is 0 Å². The van der Waals surface area contributed by atoms with Crippen LogP contribution in [0.15, 0.2) is 84.9 Å². The number of hydrogen-bond acceptors (Lipinski definition) is 4. The van der Waals surface area contributed by atoms with E-state index in [9.17, 15) is 24.8 Å². The molecule has 1 fully saturated rings. The van der Waals surface area contributed by atoms with E-state index in [1.807, 2.05) is 6.07 Å². The average molecular weight is 438 g/mol. The van der Waals surface area contributed by atoms with Gasteiger partial charge in [0.05, 0.1) is 23.6 Å². The Bertz CT molecular complexity index is 1220. The van der Waals surface area contributed by atoms with E-state index in [4.69, 9.17) is 0 Å². The molecule has 0 saturated carbocycles. The molecule has 33 heavy (non-hydrogen) atoms. The lowest BCUT2D eigenvalue weighted by atomic mass is 9.76. The van der Waals surface area contributed by atoms with Crippen LogP contribution in [0.2, 0.25) is 0 Å². The summed E-state index contributed by atoms with van der Waals surface area (Å²) >= 11 is 0. The zero-order chi connectivity index (χ0) is 23.5. The minimum absolute atomic E-state index is 0.228. The van der Waals surface area contributed by atoms with Gasteiger partial charge in [0, 0.05) is 18.4 Å². The monoisotopic (exact) mass is 438 g/mol. The molecule has 6 heteroatoms. The van der Waals surface area contributed by atoms with Gasteiger partial charge < -0.3 is 10.0 Å². The molecule has 164 valence electrons. The van der Waals surface area contributed by atoms with Crippen molar-refractivity contribution in [2.24, 2.45) is 5.92 Å². The molecular weight excluding hydrogens is 416 g/mol. The lowest BCUT2D eigenvalue weighted by Gasteiger charge is -2.29. The Morgan fingerprint density at radius 2 is 1.42 bits per heavy atom. The van der Waals surface area contributed by atoms with Gasteiger partial charge >= 0.3 is 5.97 Å². The number of likely N-dealkylation sites (tertiary alicyclic amines) is 1. The van der Waals surface area contributed by atoms with Crippen molar-refractivity contribution in [2.75, 3.05) is 0 Å². The molecule has 0 aliphatic carbocycles. The molecule has 0 spiro atoms. The average Bonchev–Trinajstić information content (AvgIpc) is 3.21. The maximum absolute atomic E-state index is 13.9. The Morgan fingerprint density at radius 1 is 0.848 bits per heavy atom. The first-order chi connectivity index (χ1) is 15.9. The highest BCUT2D eigenvalue weighted by Gasteiger charge is 2.56. The second-order valence-corrected chi connectivity index (χ2v) is 8.08. The summed E-state index contributed by atoms with van der Waals surface area (Å²) in [5, 5.41) is 19.4. The number of carboxylic acid groups (broad SMARTS) is 1. The van der Waals surface area contributed by atoms with Gasteiger partial charge in [0.2, 0.25) is 5.91 Å². The Kier molecular flexibility index (Phi) is 6.05. The number of benzene rings is 3. The number of rotatable bonds is 5.